The van der Waals surface area contributed by atoms with Gasteiger partial charge in [-0.25, -0.2) is 0 Å². The van der Waals surface area contributed by atoms with Gasteiger partial charge in [0.1, 0.15) is 11.3 Å². The Morgan fingerprint density at radius 3 is 2.31 bits per heavy atom. The molecule has 0 aliphatic heterocycles. The van der Waals surface area contributed by atoms with E-state index in [1.807, 2.05) is 19.1 Å². The van der Waals surface area contributed by atoms with Crippen LogP contribution in [0.3, 0.4) is 0 Å². The summed E-state index contributed by atoms with van der Waals surface area (Å²) in [4.78, 5) is 0. The van der Waals surface area contributed by atoms with Crippen molar-refractivity contribution in [2.75, 3.05) is 0 Å². The minimum atomic E-state index is 0.363. The SMILES string of the molecule is C=C/C(C(=C)c1cccc(-c2cccc(-c3ccc4oc(C=C)c(/C=C\C)c4c3)c2)c1[C@H](C)CC)=C(/C=C\C)CCC. The molecule has 0 aliphatic rings. The van der Waals surface area contributed by atoms with E-state index in [1.54, 1.807) is 6.08 Å². The molecule has 1 atom stereocenters. The van der Waals surface area contributed by atoms with E-state index < -0.39 is 0 Å². The normalized spacial score (nSPS) is 13.1. The number of furan rings is 1. The van der Waals surface area contributed by atoms with Crippen molar-refractivity contribution < 1.29 is 4.42 Å². The average molecular weight is 553 g/mol. The Hall–Kier alpha value is -4.36. The quantitative estimate of drug-likeness (QED) is 0.159. The van der Waals surface area contributed by atoms with Crippen LogP contribution >= 0.6 is 0 Å². The first-order chi connectivity index (χ1) is 20.4. The second-order valence-electron chi connectivity index (χ2n) is 10.8. The fraction of sp³-hybridized carbons (Fsp3) is 0.220. The molecule has 0 fully saturated rings. The summed E-state index contributed by atoms with van der Waals surface area (Å²) in [6.45, 7) is 23.7. The van der Waals surface area contributed by atoms with Crippen LogP contribution in [-0.4, -0.2) is 0 Å². The van der Waals surface area contributed by atoms with Gasteiger partial charge in [-0.2, -0.15) is 0 Å². The van der Waals surface area contributed by atoms with Crippen molar-refractivity contribution in [2.24, 2.45) is 0 Å². The fourth-order valence-electron chi connectivity index (χ4n) is 5.86. The molecule has 0 N–H and O–H groups in total. The van der Waals surface area contributed by atoms with Gasteiger partial charge in [-0.1, -0.05) is 120 Å². The number of hydrogen-bond acceptors (Lipinski definition) is 1. The van der Waals surface area contributed by atoms with Gasteiger partial charge in [-0.05, 0) is 107 Å². The summed E-state index contributed by atoms with van der Waals surface area (Å²) in [5.41, 5.74) is 12.7. The molecule has 214 valence electrons. The number of rotatable bonds is 12. The maximum atomic E-state index is 6.06. The van der Waals surface area contributed by atoms with Gasteiger partial charge in [0.15, 0.2) is 0 Å². The predicted molar refractivity (Wildman–Crippen MR) is 187 cm³/mol. The molecular weight excluding hydrogens is 508 g/mol. The molecular formula is C41H44O. The second kappa shape index (κ2) is 14.0. The first kappa shape index (κ1) is 30.6. The molecule has 0 saturated carbocycles. The Labute approximate surface area is 253 Å². The second-order valence-corrected chi connectivity index (χ2v) is 10.8. The summed E-state index contributed by atoms with van der Waals surface area (Å²) in [6, 6.07) is 22.0. The van der Waals surface area contributed by atoms with E-state index in [0.717, 1.165) is 58.3 Å². The molecule has 4 aromatic rings. The summed E-state index contributed by atoms with van der Waals surface area (Å²) in [7, 11) is 0. The lowest BCUT2D eigenvalue weighted by Gasteiger charge is -2.23. The predicted octanol–water partition coefficient (Wildman–Crippen LogP) is 12.8. The molecule has 0 unspecified atom stereocenters. The van der Waals surface area contributed by atoms with Gasteiger partial charge in [0.05, 0.1) is 0 Å². The van der Waals surface area contributed by atoms with Gasteiger partial charge in [0, 0.05) is 10.9 Å². The van der Waals surface area contributed by atoms with Crippen molar-refractivity contribution in [1.82, 2.24) is 0 Å². The first-order valence-corrected chi connectivity index (χ1v) is 15.1. The van der Waals surface area contributed by atoms with E-state index in [4.69, 9.17) is 4.42 Å². The Morgan fingerprint density at radius 1 is 0.905 bits per heavy atom. The van der Waals surface area contributed by atoms with Crippen LogP contribution in [0.4, 0.5) is 0 Å². The van der Waals surface area contributed by atoms with Gasteiger partial charge < -0.3 is 4.42 Å². The Bertz CT molecular complexity index is 1700. The monoisotopic (exact) mass is 552 g/mol. The number of benzene rings is 3. The molecule has 0 radical (unpaired) electrons. The highest BCUT2D eigenvalue weighted by Crippen LogP contribution is 2.41. The number of fused-ring (bicyclic) bond motifs is 1. The lowest BCUT2D eigenvalue weighted by atomic mass is 9.81. The Balaban J connectivity index is 1.88. The molecule has 1 heteroatoms. The van der Waals surface area contributed by atoms with Crippen LogP contribution in [0.1, 0.15) is 82.2 Å². The third-order valence-corrected chi connectivity index (χ3v) is 8.08. The number of allylic oxidation sites excluding steroid dienone is 7. The maximum absolute atomic E-state index is 6.06. The van der Waals surface area contributed by atoms with E-state index >= 15 is 0 Å². The van der Waals surface area contributed by atoms with Crippen molar-refractivity contribution in [3.63, 3.8) is 0 Å². The zero-order chi connectivity index (χ0) is 30.2. The van der Waals surface area contributed by atoms with Crippen LogP contribution < -0.4 is 0 Å². The fourth-order valence-corrected chi connectivity index (χ4v) is 5.86. The Morgan fingerprint density at radius 2 is 1.64 bits per heavy atom. The summed E-state index contributed by atoms with van der Waals surface area (Å²) in [5.74, 6) is 1.16. The Kier molecular flexibility index (Phi) is 10.2. The van der Waals surface area contributed by atoms with Crippen LogP contribution in [-0.2, 0) is 0 Å². The van der Waals surface area contributed by atoms with Crippen LogP contribution in [0.25, 0.3) is 50.9 Å². The third-order valence-electron chi connectivity index (χ3n) is 8.08. The van der Waals surface area contributed by atoms with Crippen LogP contribution in [0, 0.1) is 0 Å². The molecule has 0 aliphatic carbocycles. The molecule has 0 bridgehead atoms. The maximum Gasteiger partial charge on any atom is 0.135 e. The lowest BCUT2D eigenvalue weighted by molar-refractivity contribution is 0.603. The number of hydrogen-bond donors (Lipinski definition) is 0. The van der Waals surface area contributed by atoms with Gasteiger partial charge >= 0.3 is 0 Å². The van der Waals surface area contributed by atoms with Crippen molar-refractivity contribution in [2.45, 2.75) is 59.8 Å². The minimum absolute atomic E-state index is 0.363. The van der Waals surface area contributed by atoms with E-state index in [9.17, 15) is 0 Å². The van der Waals surface area contributed by atoms with Crippen molar-refractivity contribution >= 4 is 28.7 Å². The molecule has 0 amide bonds. The summed E-state index contributed by atoms with van der Waals surface area (Å²) in [5, 5.41) is 1.09. The van der Waals surface area contributed by atoms with Crippen molar-refractivity contribution in [1.29, 1.82) is 0 Å². The molecule has 0 spiro atoms. The van der Waals surface area contributed by atoms with E-state index in [-0.39, 0.29) is 0 Å². The summed E-state index contributed by atoms with van der Waals surface area (Å²) < 4.78 is 6.06. The molecule has 1 aromatic heterocycles. The molecule has 42 heavy (non-hydrogen) atoms. The van der Waals surface area contributed by atoms with Gasteiger partial charge in [-0.3, -0.25) is 0 Å². The first-order valence-electron chi connectivity index (χ1n) is 15.1. The molecule has 1 heterocycles. The van der Waals surface area contributed by atoms with Gasteiger partial charge in [0.2, 0.25) is 0 Å². The topological polar surface area (TPSA) is 13.1 Å². The van der Waals surface area contributed by atoms with Crippen LogP contribution in [0.5, 0.6) is 0 Å². The van der Waals surface area contributed by atoms with E-state index in [0.29, 0.717) is 5.92 Å². The standard InChI is InChI=1S/C41H44O/c1-9-17-30(18-10-2)34(13-5)29(8)35-22-16-23-36(41(35)28(7)12-4)33-21-15-20-31(26-33)32-24-25-40-38(27-32)37(19-11-3)39(14-6)42-40/h9,11,13-17,19-28H,5-6,8,10,12,18H2,1-4,7H3/b17-9-,19-11-,34-30+/t28-/m1/s1. The lowest BCUT2D eigenvalue weighted by Crippen LogP contribution is -2.03. The smallest absolute Gasteiger partial charge is 0.135 e. The van der Waals surface area contributed by atoms with Crippen LogP contribution in [0.2, 0.25) is 0 Å². The average Bonchev–Trinajstić information content (AvgIpc) is 3.37. The highest BCUT2D eigenvalue weighted by molar-refractivity contribution is 5.94. The largest absolute Gasteiger partial charge is 0.456 e. The van der Waals surface area contributed by atoms with E-state index in [2.05, 4.69) is 126 Å². The van der Waals surface area contributed by atoms with E-state index in [1.165, 1.54) is 33.4 Å². The molecule has 3 aromatic carbocycles. The van der Waals surface area contributed by atoms with Crippen LogP contribution in [0.15, 0.2) is 120 Å². The highest BCUT2D eigenvalue weighted by atomic mass is 16.3. The zero-order valence-corrected chi connectivity index (χ0v) is 26.0. The highest BCUT2D eigenvalue weighted by Gasteiger charge is 2.20. The zero-order valence-electron chi connectivity index (χ0n) is 26.0. The molecule has 4 rings (SSSR count). The van der Waals surface area contributed by atoms with Gasteiger partial charge in [-0.15, -0.1) is 0 Å². The molecule has 1 nitrogen and oxygen atoms in total. The summed E-state index contributed by atoms with van der Waals surface area (Å²) in [6.07, 6.45) is 15.3. The summed E-state index contributed by atoms with van der Waals surface area (Å²) >= 11 is 0. The van der Waals surface area contributed by atoms with Crippen molar-refractivity contribution in [3.8, 4) is 22.3 Å². The molecule has 0 saturated heterocycles. The van der Waals surface area contributed by atoms with Gasteiger partial charge in [0.25, 0.3) is 0 Å². The third kappa shape index (κ3) is 6.11. The minimum Gasteiger partial charge on any atom is -0.456 e. The van der Waals surface area contributed by atoms with Crippen molar-refractivity contribution in [3.05, 3.63) is 138 Å².